The predicted molar refractivity (Wildman–Crippen MR) is 84.8 cm³/mol. The average Bonchev–Trinajstić information content (AvgIpc) is 2.43. The molecule has 1 atom stereocenters. The zero-order valence-electron chi connectivity index (χ0n) is 13.5. The number of hydrogen-bond donors (Lipinski definition) is 1. The molecule has 0 amide bonds. The Morgan fingerprint density at radius 3 is 2.62 bits per heavy atom. The van der Waals surface area contributed by atoms with E-state index in [0.29, 0.717) is 17.7 Å². The van der Waals surface area contributed by atoms with Gasteiger partial charge in [0.2, 0.25) is 11.8 Å². The molecule has 1 aromatic rings. The summed E-state index contributed by atoms with van der Waals surface area (Å²) >= 11 is 0. The van der Waals surface area contributed by atoms with E-state index in [9.17, 15) is 10.1 Å². The summed E-state index contributed by atoms with van der Waals surface area (Å²) in [5, 5.41) is 14.2. The summed E-state index contributed by atoms with van der Waals surface area (Å²) in [6.45, 7) is 9.09. The Balaban J connectivity index is 3.07. The van der Waals surface area contributed by atoms with Crippen molar-refractivity contribution in [3.63, 3.8) is 0 Å². The Kier molecular flexibility index (Phi) is 6.33. The van der Waals surface area contributed by atoms with Gasteiger partial charge in [0.15, 0.2) is 0 Å². The SMILES string of the molecule is CCCNc1ncc([N+](=O)[O-])c(N(C)C(C)CC(C)C)n1. The van der Waals surface area contributed by atoms with E-state index in [1.54, 1.807) is 0 Å². The molecule has 0 aliphatic rings. The summed E-state index contributed by atoms with van der Waals surface area (Å²) in [5.41, 5.74) is -0.0600. The lowest BCUT2D eigenvalue weighted by Gasteiger charge is -2.27. The molecule has 118 valence electrons. The molecule has 0 aromatic carbocycles. The summed E-state index contributed by atoms with van der Waals surface area (Å²) in [6, 6.07) is 0.164. The first-order chi connectivity index (χ1) is 9.86. The van der Waals surface area contributed by atoms with Crippen LogP contribution < -0.4 is 10.2 Å². The first-order valence-corrected chi connectivity index (χ1v) is 7.34. The quantitative estimate of drug-likeness (QED) is 0.586. The van der Waals surface area contributed by atoms with Gasteiger partial charge in [0.25, 0.3) is 0 Å². The number of nitro groups is 1. The van der Waals surface area contributed by atoms with E-state index >= 15 is 0 Å². The van der Waals surface area contributed by atoms with Crippen molar-refractivity contribution in [3.8, 4) is 0 Å². The molecule has 0 aliphatic carbocycles. The number of hydrogen-bond acceptors (Lipinski definition) is 6. The summed E-state index contributed by atoms with van der Waals surface area (Å²) in [6.07, 6.45) is 3.16. The molecule has 7 nitrogen and oxygen atoms in total. The standard InChI is InChI=1S/C14H25N5O2/c1-6-7-15-14-16-9-12(19(20)21)13(17-14)18(5)11(4)8-10(2)3/h9-11H,6-8H2,1-5H3,(H,15,16,17). The Morgan fingerprint density at radius 2 is 2.10 bits per heavy atom. The van der Waals surface area contributed by atoms with Gasteiger partial charge in [-0.15, -0.1) is 0 Å². The van der Waals surface area contributed by atoms with Crippen LogP contribution in [0.5, 0.6) is 0 Å². The van der Waals surface area contributed by atoms with E-state index in [2.05, 4.69) is 29.1 Å². The van der Waals surface area contributed by atoms with Gasteiger partial charge < -0.3 is 10.2 Å². The van der Waals surface area contributed by atoms with Gasteiger partial charge in [-0.2, -0.15) is 4.98 Å². The van der Waals surface area contributed by atoms with E-state index in [0.717, 1.165) is 19.4 Å². The van der Waals surface area contributed by atoms with Gasteiger partial charge >= 0.3 is 5.69 Å². The van der Waals surface area contributed by atoms with Crippen molar-refractivity contribution >= 4 is 17.5 Å². The molecule has 0 saturated heterocycles. The number of nitrogens with zero attached hydrogens (tertiary/aromatic N) is 4. The Bertz CT molecular complexity index is 478. The molecule has 0 radical (unpaired) electrons. The molecule has 1 rings (SSSR count). The minimum Gasteiger partial charge on any atom is -0.354 e. The molecule has 1 heterocycles. The molecule has 0 spiro atoms. The number of rotatable bonds is 8. The van der Waals surface area contributed by atoms with Crippen LogP contribution in [0.2, 0.25) is 0 Å². The third-order valence-electron chi connectivity index (χ3n) is 3.29. The predicted octanol–water partition coefficient (Wildman–Crippen LogP) is 3.08. The summed E-state index contributed by atoms with van der Waals surface area (Å²) < 4.78 is 0. The summed E-state index contributed by atoms with van der Waals surface area (Å²) in [7, 11) is 1.84. The van der Waals surface area contributed by atoms with Gasteiger partial charge in [0.1, 0.15) is 6.20 Å². The highest BCUT2D eigenvalue weighted by molar-refractivity contribution is 5.59. The van der Waals surface area contributed by atoms with Crippen LogP contribution in [0.25, 0.3) is 0 Å². The molecular formula is C14H25N5O2. The van der Waals surface area contributed by atoms with Crippen LogP contribution in [0.1, 0.15) is 40.5 Å². The van der Waals surface area contributed by atoms with Crippen LogP contribution in [0.4, 0.5) is 17.5 Å². The zero-order valence-corrected chi connectivity index (χ0v) is 13.5. The number of aromatic nitrogens is 2. The minimum absolute atomic E-state index is 0.0600. The summed E-state index contributed by atoms with van der Waals surface area (Å²) in [4.78, 5) is 20.9. The first-order valence-electron chi connectivity index (χ1n) is 7.34. The zero-order chi connectivity index (χ0) is 16.0. The number of nitrogens with one attached hydrogen (secondary N) is 1. The molecule has 21 heavy (non-hydrogen) atoms. The first kappa shape index (κ1) is 17.1. The van der Waals surface area contributed by atoms with Gasteiger partial charge in [-0.05, 0) is 25.7 Å². The van der Waals surface area contributed by atoms with E-state index in [4.69, 9.17) is 0 Å². The van der Waals surface area contributed by atoms with E-state index in [-0.39, 0.29) is 11.7 Å². The molecule has 0 aliphatic heterocycles. The van der Waals surface area contributed by atoms with E-state index in [1.807, 2.05) is 25.8 Å². The van der Waals surface area contributed by atoms with Crippen molar-refractivity contribution in [2.75, 3.05) is 23.8 Å². The van der Waals surface area contributed by atoms with Gasteiger partial charge in [-0.3, -0.25) is 10.1 Å². The van der Waals surface area contributed by atoms with Gasteiger partial charge in [0.05, 0.1) is 4.92 Å². The highest BCUT2D eigenvalue weighted by Gasteiger charge is 2.24. The second kappa shape index (κ2) is 7.75. The van der Waals surface area contributed by atoms with Crippen LogP contribution >= 0.6 is 0 Å². The Labute approximate surface area is 125 Å². The second-order valence-corrected chi connectivity index (χ2v) is 5.68. The van der Waals surface area contributed by atoms with Gasteiger partial charge in [0, 0.05) is 19.6 Å². The van der Waals surface area contributed by atoms with Crippen LogP contribution in [0, 0.1) is 16.0 Å². The smallest absolute Gasteiger partial charge is 0.329 e. The lowest BCUT2D eigenvalue weighted by atomic mass is 10.0. The van der Waals surface area contributed by atoms with Crippen LogP contribution in [0.3, 0.4) is 0 Å². The molecule has 1 unspecified atom stereocenters. The van der Waals surface area contributed by atoms with Crippen molar-refractivity contribution in [1.29, 1.82) is 0 Å². The Hall–Kier alpha value is -1.92. The van der Waals surface area contributed by atoms with Crippen molar-refractivity contribution in [2.45, 2.75) is 46.6 Å². The fourth-order valence-corrected chi connectivity index (χ4v) is 2.13. The van der Waals surface area contributed by atoms with E-state index < -0.39 is 4.92 Å². The van der Waals surface area contributed by atoms with Crippen molar-refractivity contribution in [2.24, 2.45) is 5.92 Å². The maximum absolute atomic E-state index is 11.2. The van der Waals surface area contributed by atoms with Crippen LogP contribution in [0.15, 0.2) is 6.20 Å². The highest BCUT2D eigenvalue weighted by atomic mass is 16.6. The lowest BCUT2D eigenvalue weighted by Crippen LogP contribution is -2.31. The van der Waals surface area contributed by atoms with Crippen molar-refractivity contribution < 1.29 is 4.92 Å². The van der Waals surface area contributed by atoms with Crippen LogP contribution in [-0.2, 0) is 0 Å². The third kappa shape index (κ3) is 4.84. The monoisotopic (exact) mass is 295 g/mol. The normalized spacial score (nSPS) is 12.3. The topological polar surface area (TPSA) is 84.2 Å². The summed E-state index contributed by atoms with van der Waals surface area (Å²) in [5.74, 6) is 1.31. The second-order valence-electron chi connectivity index (χ2n) is 5.68. The third-order valence-corrected chi connectivity index (χ3v) is 3.29. The Morgan fingerprint density at radius 1 is 1.43 bits per heavy atom. The minimum atomic E-state index is -0.433. The molecule has 1 N–H and O–H groups in total. The fraction of sp³-hybridized carbons (Fsp3) is 0.714. The van der Waals surface area contributed by atoms with Gasteiger partial charge in [-0.1, -0.05) is 20.8 Å². The van der Waals surface area contributed by atoms with Crippen molar-refractivity contribution in [3.05, 3.63) is 16.3 Å². The molecule has 0 fully saturated rings. The largest absolute Gasteiger partial charge is 0.354 e. The molecule has 7 heteroatoms. The lowest BCUT2D eigenvalue weighted by molar-refractivity contribution is -0.384. The molecule has 0 saturated carbocycles. The average molecular weight is 295 g/mol. The van der Waals surface area contributed by atoms with Crippen molar-refractivity contribution in [1.82, 2.24) is 9.97 Å². The fourth-order valence-electron chi connectivity index (χ4n) is 2.13. The number of anilines is 2. The molecule has 1 aromatic heterocycles. The van der Waals surface area contributed by atoms with E-state index in [1.165, 1.54) is 6.20 Å². The van der Waals surface area contributed by atoms with Gasteiger partial charge in [-0.25, -0.2) is 4.98 Å². The maximum Gasteiger partial charge on any atom is 0.329 e. The highest BCUT2D eigenvalue weighted by Crippen LogP contribution is 2.27. The maximum atomic E-state index is 11.2. The van der Waals surface area contributed by atoms with Crippen LogP contribution in [-0.4, -0.2) is 34.5 Å². The molecular weight excluding hydrogens is 270 g/mol. The molecule has 0 bridgehead atoms.